The molecule has 0 amide bonds. The maximum Gasteiger partial charge on any atom is 0.335 e. The predicted molar refractivity (Wildman–Crippen MR) is 161 cm³/mol. The Hall–Kier alpha value is -2.37. The summed E-state index contributed by atoms with van der Waals surface area (Å²) < 4.78 is 29.8. The smallest absolute Gasteiger partial charge is 0.335 e. The average Bonchev–Trinajstić information content (AvgIpc) is 3.64. The van der Waals surface area contributed by atoms with E-state index in [9.17, 15) is 4.79 Å². The average molecular weight is 604 g/mol. The fourth-order valence-corrected chi connectivity index (χ4v) is 17.5. The highest BCUT2D eigenvalue weighted by atomic mass is 28.5. The van der Waals surface area contributed by atoms with Crippen molar-refractivity contribution in [3.63, 3.8) is 0 Å². The molecule has 5 rings (SSSR count). The number of hydrogen-bond acceptors (Lipinski definition) is 9. The second kappa shape index (κ2) is 11.4. The van der Waals surface area contributed by atoms with Crippen LogP contribution in [0.3, 0.4) is 0 Å². The number of imidazole rings is 2. The zero-order valence-electron chi connectivity index (χ0n) is 25.6. The fourth-order valence-electron chi connectivity index (χ4n) is 6.30. The van der Waals surface area contributed by atoms with Crippen LogP contribution in [-0.2, 0) is 17.7 Å². The molecule has 2 aliphatic rings. The van der Waals surface area contributed by atoms with E-state index in [1.807, 2.05) is 11.5 Å². The number of aromatic amines is 2. The minimum atomic E-state index is -2.75. The van der Waals surface area contributed by atoms with Crippen molar-refractivity contribution in [3.05, 3.63) is 34.9 Å². The van der Waals surface area contributed by atoms with Crippen molar-refractivity contribution in [1.29, 1.82) is 0 Å². The van der Waals surface area contributed by atoms with Gasteiger partial charge in [0.25, 0.3) is 5.56 Å². The van der Waals surface area contributed by atoms with Crippen LogP contribution in [-0.4, -0.2) is 65.4 Å². The largest absolute Gasteiger partial charge is 0.414 e. The first-order valence-electron chi connectivity index (χ1n) is 14.8. The van der Waals surface area contributed by atoms with E-state index < -0.39 is 23.3 Å². The number of rotatable bonds is 8. The van der Waals surface area contributed by atoms with E-state index in [-0.39, 0.29) is 51.5 Å². The highest BCUT2D eigenvalue weighted by molar-refractivity contribution is 6.83. The van der Waals surface area contributed by atoms with Gasteiger partial charge in [-0.05, 0) is 29.1 Å². The summed E-state index contributed by atoms with van der Waals surface area (Å²) in [4.78, 5) is 32.0. The molecule has 3 aromatic rings. The lowest BCUT2D eigenvalue weighted by Crippen LogP contribution is -2.65. The Bertz CT molecular complexity index is 1370. The zero-order valence-corrected chi connectivity index (χ0v) is 27.6. The minimum Gasteiger partial charge on any atom is -0.414 e. The summed E-state index contributed by atoms with van der Waals surface area (Å²) in [5, 5.41) is 3.25. The van der Waals surface area contributed by atoms with E-state index in [4.69, 9.17) is 22.7 Å². The third-order valence-electron chi connectivity index (χ3n) is 8.61. The molecule has 0 aromatic carbocycles. The Morgan fingerprint density at radius 1 is 1.00 bits per heavy atom. The van der Waals surface area contributed by atoms with E-state index in [2.05, 4.69) is 80.6 Å². The maximum absolute atomic E-state index is 12.9. The molecule has 0 bridgehead atoms. The Morgan fingerprint density at radius 3 is 2.29 bits per heavy atom. The number of aromatic nitrogens is 6. The summed E-state index contributed by atoms with van der Waals surface area (Å²) in [6, 6.07) is -0.144. The molecule has 12 nitrogen and oxygen atoms in total. The van der Waals surface area contributed by atoms with Crippen LogP contribution < -0.4 is 10.9 Å². The van der Waals surface area contributed by atoms with Crippen molar-refractivity contribution in [2.45, 2.75) is 115 Å². The summed E-state index contributed by atoms with van der Waals surface area (Å²) in [5.74, 6) is 0.346. The van der Waals surface area contributed by atoms with Crippen LogP contribution in [0.4, 0.5) is 5.95 Å². The quantitative estimate of drug-likeness (QED) is 0.294. The van der Waals surface area contributed by atoms with Gasteiger partial charge in [0.1, 0.15) is 12.3 Å². The van der Waals surface area contributed by atoms with Crippen molar-refractivity contribution < 1.29 is 17.7 Å². The molecule has 4 atom stereocenters. The molecule has 14 heteroatoms. The molecule has 0 spiro atoms. The van der Waals surface area contributed by atoms with Crippen LogP contribution in [0.2, 0.25) is 22.2 Å². The molecular formula is C27H45N7O5Si2. The topological polar surface area (TPSA) is 141 Å². The van der Waals surface area contributed by atoms with Gasteiger partial charge < -0.3 is 28.0 Å². The molecule has 1 unspecified atom stereocenters. The Labute approximate surface area is 243 Å². The Balaban J connectivity index is 1.48. The SMILES string of the molecule is CC(Nc1nc2c(ncn2[C@H]2C[C@@H]3O[Si](C(C)C)(C(C)C)O[Si](C(C)C)(C(C)C)OC[C@H]3O2)c(=O)[nH]1)c1cnc[nH]1. The van der Waals surface area contributed by atoms with E-state index in [1.165, 1.54) is 0 Å². The standard InChI is InChI=1S/C27H45N7O5Si2/c1-15(2)40(16(3)4)36-12-22-21(38-41(39-40,17(5)6)18(7)8)10-23(37-22)34-14-30-24-25(34)32-27(33-26(24)35)31-19(9)20-11-28-13-29-20/h11,13-19,21-23H,10,12H2,1-9H3,(H,28,29)(H2,31,32,33,35)/t19?,21-,22+,23+/m0/s1. The summed E-state index contributed by atoms with van der Waals surface area (Å²) in [5.41, 5.74) is 2.25. The van der Waals surface area contributed by atoms with E-state index in [1.54, 1.807) is 18.9 Å². The van der Waals surface area contributed by atoms with Gasteiger partial charge in [0.05, 0.1) is 43.3 Å². The molecule has 226 valence electrons. The number of nitrogens with one attached hydrogen (secondary N) is 3. The van der Waals surface area contributed by atoms with Crippen molar-refractivity contribution in [2.75, 3.05) is 11.9 Å². The molecule has 3 N–H and O–H groups in total. The second-order valence-corrected chi connectivity index (χ2v) is 21.5. The van der Waals surface area contributed by atoms with Crippen LogP contribution in [0.15, 0.2) is 23.6 Å². The van der Waals surface area contributed by atoms with E-state index in [0.717, 1.165) is 5.69 Å². The summed E-state index contributed by atoms with van der Waals surface area (Å²) in [6.07, 6.45) is 4.67. The van der Waals surface area contributed by atoms with Crippen molar-refractivity contribution >= 4 is 34.2 Å². The van der Waals surface area contributed by atoms with Crippen LogP contribution in [0, 0.1) is 0 Å². The number of nitrogens with zero attached hydrogens (tertiary/aromatic N) is 4. The van der Waals surface area contributed by atoms with Gasteiger partial charge in [0.15, 0.2) is 11.2 Å². The maximum atomic E-state index is 12.9. The highest BCUT2D eigenvalue weighted by Gasteiger charge is 2.60. The number of ether oxygens (including phenoxy) is 1. The van der Waals surface area contributed by atoms with Crippen LogP contribution in [0.1, 0.15) is 86.7 Å². The second-order valence-electron chi connectivity index (χ2n) is 12.6. The number of H-pyrrole nitrogens is 2. The van der Waals surface area contributed by atoms with Gasteiger partial charge in [-0.25, -0.2) is 9.97 Å². The lowest BCUT2D eigenvalue weighted by Gasteiger charge is -2.51. The third-order valence-corrected chi connectivity index (χ3v) is 18.9. The molecule has 2 saturated heterocycles. The van der Waals surface area contributed by atoms with Crippen LogP contribution in [0.25, 0.3) is 11.2 Å². The molecule has 0 saturated carbocycles. The number of hydrogen-bond donors (Lipinski definition) is 3. The van der Waals surface area contributed by atoms with Gasteiger partial charge in [0.2, 0.25) is 5.95 Å². The molecular weight excluding hydrogens is 559 g/mol. The molecule has 41 heavy (non-hydrogen) atoms. The van der Waals surface area contributed by atoms with Crippen LogP contribution >= 0.6 is 0 Å². The van der Waals surface area contributed by atoms with E-state index >= 15 is 0 Å². The van der Waals surface area contributed by atoms with Gasteiger partial charge in [-0.15, -0.1) is 0 Å². The molecule has 0 radical (unpaired) electrons. The monoisotopic (exact) mass is 603 g/mol. The van der Waals surface area contributed by atoms with Gasteiger partial charge >= 0.3 is 17.1 Å². The lowest BCUT2D eigenvalue weighted by atomic mass is 10.2. The first-order chi connectivity index (χ1) is 19.4. The molecule has 5 heterocycles. The number of anilines is 1. The Kier molecular flexibility index (Phi) is 8.35. The van der Waals surface area contributed by atoms with Crippen molar-refractivity contribution in [2.24, 2.45) is 0 Å². The fraction of sp³-hybridized carbons (Fsp3) is 0.704. The molecule has 3 aromatic heterocycles. The van der Waals surface area contributed by atoms with Gasteiger partial charge in [-0.3, -0.25) is 14.3 Å². The van der Waals surface area contributed by atoms with Crippen molar-refractivity contribution in [1.82, 2.24) is 29.5 Å². The molecule has 2 aliphatic heterocycles. The van der Waals surface area contributed by atoms with Gasteiger partial charge in [-0.2, -0.15) is 4.98 Å². The van der Waals surface area contributed by atoms with Crippen molar-refractivity contribution in [3.8, 4) is 0 Å². The van der Waals surface area contributed by atoms with E-state index in [0.29, 0.717) is 24.6 Å². The summed E-state index contributed by atoms with van der Waals surface area (Å²) >= 11 is 0. The molecule has 2 fully saturated rings. The zero-order chi connectivity index (χ0) is 29.7. The Morgan fingerprint density at radius 2 is 1.68 bits per heavy atom. The first kappa shape index (κ1) is 30.1. The predicted octanol–water partition coefficient (Wildman–Crippen LogP) is 5.26. The molecule has 0 aliphatic carbocycles. The first-order valence-corrected chi connectivity index (χ1v) is 18.7. The minimum absolute atomic E-state index is 0.144. The van der Waals surface area contributed by atoms with Gasteiger partial charge in [-0.1, -0.05) is 55.4 Å². The normalized spacial score (nSPS) is 25.1. The third kappa shape index (κ3) is 5.34. The van der Waals surface area contributed by atoms with Gasteiger partial charge in [0, 0.05) is 6.42 Å². The lowest BCUT2D eigenvalue weighted by molar-refractivity contribution is -0.0544. The van der Waals surface area contributed by atoms with Crippen LogP contribution in [0.5, 0.6) is 0 Å². The number of fused-ring (bicyclic) bond motifs is 2. The highest BCUT2D eigenvalue weighted by Crippen LogP contribution is 2.48. The summed E-state index contributed by atoms with van der Waals surface area (Å²) in [7, 11) is -5.42. The summed E-state index contributed by atoms with van der Waals surface area (Å²) in [6.45, 7) is 20.1.